The molecule has 4 rings (SSSR count). The number of hydrogen-bond donors (Lipinski definition) is 3. The van der Waals surface area contributed by atoms with Gasteiger partial charge < -0.3 is 20.4 Å². The lowest BCUT2D eigenvalue weighted by molar-refractivity contribution is -0.139. The lowest BCUT2D eigenvalue weighted by atomic mass is 9.95. The number of amides is 2. The van der Waals surface area contributed by atoms with E-state index in [1.165, 1.54) is 0 Å². The molecule has 1 atom stereocenters. The maximum atomic E-state index is 13.0. The number of carbonyl (C=O) groups excluding carboxylic acids is 2. The van der Waals surface area contributed by atoms with Gasteiger partial charge in [-0.05, 0) is 38.5 Å². The molecule has 9 heteroatoms. The number of ether oxygens (including phenoxy) is 1. The summed E-state index contributed by atoms with van der Waals surface area (Å²) < 4.78 is 5.36. The van der Waals surface area contributed by atoms with E-state index in [0.717, 1.165) is 5.56 Å². The van der Waals surface area contributed by atoms with Crippen LogP contribution in [0.25, 0.3) is 10.9 Å². The fraction of sp³-hybridized carbons (Fsp3) is 0.308. The Kier molecular flexibility index (Phi) is 7.26. The average Bonchev–Trinajstić information content (AvgIpc) is 2.84. The lowest BCUT2D eigenvalue weighted by Gasteiger charge is -2.33. The lowest BCUT2D eigenvalue weighted by Crippen LogP contribution is -2.49. The Morgan fingerprint density at radius 3 is 2.49 bits per heavy atom. The van der Waals surface area contributed by atoms with E-state index in [1.54, 1.807) is 25.1 Å². The number of aromatic amines is 1. The molecule has 9 nitrogen and oxygen atoms in total. The van der Waals surface area contributed by atoms with Crippen LogP contribution in [-0.4, -0.2) is 46.1 Å². The van der Waals surface area contributed by atoms with Crippen LogP contribution in [0.4, 0.5) is 4.79 Å². The number of benzene rings is 2. The van der Waals surface area contributed by atoms with Crippen molar-refractivity contribution in [3.8, 4) is 0 Å². The second-order valence-corrected chi connectivity index (χ2v) is 8.58. The van der Waals surface area contributed by atoms with Gasteiger partial charge in [0.25, 0.3) is 5.56 Å². The number of esters is 1. The molecule has 2 amide bonds. The SMILES string of the molecule is CCOC(=O)C1=C(CN(Cc2nc3ccccc3c(=O)[nH]2)C(C)C)NC(=O)NC1c1ccccc1. The smallest absolute Gasteiger partial charge is 0.338 e. The molecule has 182 valence electrons. The molecule has 35 heavy (non-hydrogen) atoms. The molecule has 0 saturated heterocycles. The molecular formula is C26H29N5O4. The predicted octanol–water partition coefficient (Wildman–Crippen LogP) is 3.00. The molecule has 0 aliphatic carbocycles. The normalized spacial score (nSPS) is 15.9. The average molecular weight is 476 g/mol. The summed E-state index contributed by atoms with van der Waals surface area (Å²) in [5, 5.41) is 6.18. The summed E-state index contributed by atoms with van der Waals surface area (Å²) in [6, 6.07) is 15.4. The number of urea groups is 1. The van der Waals surface area contributed by atoms with Crippen molar-refractivity contribution < 1.29 is 14.3 Å². The Morgan fingerprint density at radius 1 is 1.06 bits per heavy atom. The summed E-state index contributed by atoms with van der Waals surface area (Å²) in [5.41, 5.74) is 1.99. The van der Waals surface area contributed by atoms with Gasteiger partial charge in [0.1, 0.15) is 5.82 Å². The topological polar surface area (TPSA) is 116 Å². The Balaban J connectivity index is 1.71. The first-order valence-corrected chi connectivity index (χ1v) is 11.6. The third kappa shape index (κ3) is 5.41. The van der Waals surface area contributed by atoms with Gasteiger partial charge in [0, 0.05) is 18.3 Å². The molecule has 1 aliphatic rings. The minimum atomic E-state index is -0.647. The van der Waals surface area contributed by atoms with Crippen molar-refractivity contribution in [1.29, 1.82) is 0 Å². The van der Waals surface area contributed by atoms with Crippen LogP contribution >= 0.6 is 0 Å². The standard InChI is InChI=1S/C26H29N5O4/c1-4-35-25(33)22-20(28-26(34)30-23(22)17-10-6-5-7-11-17)14-31(16(2)3)15-21-27-19-13-9-8-12-18(19)24(32)29-21/h5-13,16,23H,4,14-15H2,1-3H3,(H,27,29,32)(H2,28,30,34). The number of rotatable bonds is 8. The zero-order valence-electron chi connectivity index (χ0n) is 20.0. The second kappa shape index (κ2) is 10.5. The number of nitrogens with one attached hydrogen (secondary N) is 3. The third-order valence-corrected chi connectivity index (χ3v) is 5.89. The number of fused-ring (bicyclic) bond motifs is 1. The monoisotopic (exact) mass is 475 g/mol. The predicted molar refractivity (Wildman–Crippen MR) is 132 cm³/mol. The molecule has 2 heterocycles. The van der Waals surface area contributed by atoms with Crippen molar-refractivity contribution in [2.75, 3.05) is 13.2 Å². The Morgan fingerprint density at radius 2 is 1.77 bits per heavy atom. The summed E-state index contributed by atoms with van der Waals surface area (Å²) >= 11 is 0. The highest BCUT2D eigenvalue weighted by atomic mass is 16.5. The van der Waals surface area contributed by atoms with Crippen LogP contribution in [0.1, 0.15) is 38.2 Å². The molecule has 1 unspecified atom stereocenters. The zero-order chi connectivity index (χ0) is 24.9. The largest absolute Gasteiger partial charge is 0.463 e. The molecule has 0 spiro atoms. The minimum absolute atomic E-state index is 0.0182. The van der Waals surface area contributed by atoms with Gasteiger partial charge in [0.05, 0.1) is 35.7 Å². The van der Waals surface area contributed by atoms with Gasteiger partial charge in [-0.1, -0.05) is 42.5 Å². The van der Waals surface area contributed by atoms with E-state index in [4.69, 9.17) is 4.74 Å². The van der Waals surface area contributed by atoms with Gasteiger partial charge in [-0.25, -0.2) is 14.6 Å². The number of hydrogen-bond acceptors (Lipinski definition) is 6. The third-order valence-electron chi connectivity index (χ3n) is 5.89. The van der Waals surface area contributed by atoms with Crippen molar-refractivity contribution >= 4 is 22.9 Å². The van der Waals surface area contributed by atoms with Crippen LogP contribution in [0.2, 0.25) is 0 Å². The Bertz CT molecular complexity index is 1320. The minimum Gasteiger partial charge on any atom is -0.463 e. The van der Waals surface area contributed by atoms with E-state index in [2.05, 4.69) is 20.6 Å². The summed E-state index contributed by atoms with van der Waals surface area (Å²) in [6.07, 6.45) is 0. The van der Waals surface area contributed by atoms with E-state index >= 15 is 0 Å². The fourth-order valence-electron chi connectivity index (χ4n) is 4.11. The van der Waals surface area contributed by atoms with Gasteiger partial charge in [-0.3, -0.25) is 9.69 Å². The Labute approximate surface area is 203 Å². The highest BCUT2D eigenvalue weighted by Gasteiger charge is 2.34. The van der Waals surface area contributed by atoms with Crippen LogP contribution in [0, 0.1) is 0 Å². The van der Waals surface area contributed by atoms with Crippen molar-refractivity contribution in [3.63, 3.8) is 0 Å². The van der Waals surface area contributed by atoms with E-state index < -0.39 is 18.0 Å². The molecular weight excluding hydrogens is 446 g/mol. The quantitative estimate of drug-likeness (QED) is 0.431. The molecule has 0 fully saturated rings. The second-order valence-electron chi connectivity index (χ2n) is 8.58. The first kappa shape index (κ1) is 24.2. The molecule has 2 aromatic carbocycles. The van der Waals surface area contributed by atoms with E-state index in [-0.39, 0.29) is 24.8 Å². The molecule has 3 N–H and O–H groups in total. The van der Waals surface area contributed by atoms with E-state index in [9.17, 15) is 14.4 Å². The number of nitrogens with zero attached hydrogens (tertiary/aromatic N) is 2. The van der Waals surface area contributed by atoms with Gasteiger partial charge >= 0.3 is 12.0 Å². The summed E-state index contributed by atoms with van der Waals surface area (Å²) in [6.45, 7) is 6.52. The van der Waals surface area contributed by atoms with Crippen LogP contribution in [0.3, 0.4) is 0 Å². The summed E-state index contributed by atoms with van der Waals surface area (Å²) in [5.74, 6) is 0.00495. The summed E-state index contributed by atoms with van der Waals surface area (Å²) in [4.78, 5) is 47.7. The van der Waals surface area contributed by atoms with E-state index in [1.807, 2.05) is 55.1 Å². The first-order chi connectivity index (χ1) is 16.9. The highest BCUT2D eigenvalue weighted by molar-refractivity contribution is 5.95. The highest BCUT2D eigenvalue weighted by Crippen LogP contribution is 2.28. The van der Waals surface area contributed by atoms with Crippen LogP contribution in [0.5, 0.6) is 0 Å². The first-order valence-electron chi connectivity index (χ1n) is 11.6. The fourth-order valence-corrected chi connectivity index (χ4v) is 4.11. The Hall–Kier alpha value is -3.98. The number of carbonyl (C=O) groups is 2. The number of aromatic nitrogens is 2. The number of para-hydroxylation sites is 1. The van der Waals surface area contributed by atoms with Crippen molar-refractivity contribution in [2.24, 2.45) is 0 Å². The van der Waals surface area contributed by atoms with Gasteiger partial charge in [0.2, 0.25) is 0 Å². The molecule has 1 aromatic heterocycles. The molecule has 0 bridgehead atoms. The molecule has 3 aromatic rings. The number of H-pyrrole nitrogens is 1. The summed E-state index contributed by atoms with van der Waals surface area (Å²) in [7, 11) is 0. The van der Waals surface area contributed by atoms with Crippen LogP contribution < -0.4 is 16.2 Å². The molecule has 0 radical (unpaired) electrons. The van der Waals surface area contributed by atoms with Crippen LogP contribution in [0.15, 0.2) is 70.7 Å². The van der Waals surface area contributed by atoms with Crippen molar-refractivity contribution in [3.05, 3.63) is 87.6 Å². The maximum Gasteiger partial charge on any atom is 0.338 e. The van der Waals surface area contributed by atoms with Gasteiger partial charge in [-0.15, -0.1) is 0 Å². The van der Waals surface area contributed by atoms with Crippen molar-refractivity contribution in [1.82, 2.24) is 25.5 Å². The van der Waals surface area contributed by atoms with Gasteiger partial charge in [-0.2, -0.15) is 0 Å². The molecule has 1 aliphatic heterocycles. The molecule has 0 saturated carbocycles. The van der Waals surface area contributed by atoms with E-state index in [0.29, 0.717) is 34.5 Å². The zero-order valence-corrected chi connectivity index (χ0v) is 20.0. The maximum absolute atomic E-state index is 13.0. The van der Waals surface area contributed by atoms with Crippen LogP contribution in [-0.2, 0) is 16.1 Å². The van der Waals surface area contributed by atoms with Crippen molar-refractivity contribution in [2.45, 2.75) is 39.4 Å². The van der Waals surface area contributed by atoms with Gasteiger partial charge in [0.15, 0.2) is 0 Å².